The minimum Gasteiger partial charge on any atom is -0.462 e. The van der Waals surface area contributed by atoms with Crippen molar-refractivity contribution < 1.29 is 9.53 Å². The Bertz CT molecular complexity index is 217. The van der Waals surface area contributed by atoms with Gasteiger partial charge in [-0.15, -0.1) is 0 Å². The van der Waals surface area contributed by atoms with E-state index in [1.165, 1.54) is 13.1 Å². The highest BCUT2D eigenvalue weighted by Gasteiger charge is 2.16. The number of carbonyl (C=O) groups is 1. The van der Waals surface area contributed by atoms with E-state index in [1.54, 1.807) is 0 Å². The number of piperazine rings is 1. The third-order valence-corrected chi connectivity index (χ3v) is 2.69. The Labute approximate surface area is 111 Å². The number of hydrogen-bond donors (Lipinski definition) is 2. The lowest BCUT2D eigenvalue weighted by atomic mass is 10.2. The van der Waals surface area contributed by atoms with Crippen LogP contribution in [0.5, 0.6) is 0 Å². The summed E-state index contributed by atoms with van der Waals surface area (Å²) in [4.78, 5) is 12.1. The van der Waals surface area contributed by atoms with Gasteiger partial charge in [0.05, 0.1) is 0 Å². The van der Waals surface area contributed by atoms with Crippen molar-refractivity contribution in [1.82, 2.24) is 10.2 Å². The lowest BCUT2D eigenvalue weighted by molar-refractivity contribution is -0.138. The minimum absolute atomic E-state index is 0.318. The maximum atomic E-state index is 9.60. The van der Waals surface area contributed by atoms with Crippen molar-refractivity contribution in [3.63, 3.8) is 0 Å². The molecule has 0 unspecified atom stereocenters. The van der Waals surface area contributed by atoms with E-state index in [0.717, 1.165) is 26.1 Å². The smallest absolute Gasteiger partial charge is 0.293 e. The summed E-state index contributed by atoms with van der Waals surface area (Å²) < 4.78 is 4.55. The van der Waals surface area contributed by atoms with Crippen molar-refractivity contribution in [2.45, 2.75) is 45.8 Å². The fraction of sp³-hybridized carbons (Fsp3) is 0.923. The molecule has 3 N–H and O–H groups in total. The predicted molar refractivity (Wildman–Crippen MR) is 74.5 cm³/mol. The fourth-order valence-electron chi connectivity index (χ4n) is 1.65. The lowest BCUT2D eigenvalue weighted by Gasteiger charge is -2.33. The van der Waals surface area contributed by atoms with E-state index in [4.69, 9.17) is 5.73 Å². The Morgan fingerprint density at radius 1 is 1.50 bits per heavy atom. The summed E-state index contributed by atoms with van der Waals surface area (Å²) in [5.74, 6) is 0. The van der Waals surface area contributed by atoms with E-state index in [-0.39, 0.29) is 5.60 Å². The van der Waals surface area contributed by atoms with E-state index in [0.29, 0.717) is 12.5 Å². The van der Waals surface area contributed by atoms with Gasteiger partial charge in [0.25, 0.3) is 6.47 Å². The molecule has 1 fully saturated rings. The summed E-state index contributed by atoms with van der Waals surface area (Å²) in [5.41, 5.74) is 5.13. The maximum Gasteiger partial charge on any atom is 0.293 e. The van der Waals surface area contributed by atoms with Crippen LogP contribution in [-0.4, -0.2) is 55.7 Å². The van der Waals surface area contributed by atoms with Crippen molar-refractivity contribution >= 4 is 6.47 Å². The van der Waals surface area contributed by atoms with Crippen molar-refractivity contribution in [3.05, 3.63) is 0 Å². The van der Waals surface area contributed by atoms with Gasteiger partial charge in [0.1, 0.15) is 5.60 Å². The summed E-state index contributed by atoms with van der Waals surface area (Å²) in [6, 6.07) is 0.690. The van der Waals surface area contributed by atoms with Crippen LogP contribution in [0.4, 0.5) is 0 Å². The second-order valence-corrected chi connectivity index (χ2v) is 5.56. The Morgan fingerprint density at radius 2 is 2.17 bits per heavy atom. The first kappa shape index (κ1) is 17.4. The number of carbonyl (C=O) groups excluding carboxylic acids is 1. The standard InChI is InChI=1S/C8H19N3.C5H10O2/c1-8-7-10-4-6-11(8)5-2-3-9;1-5(2,3)7-4-6/h8,10H,2-7,9H2,1H3;4H,1-3H3/t8-;/m1./s1. The van der Waals surface area contributed by atoms with Crippen molar-refractivity contribution in [2.24, 2.45) is 5.73 Å². The Morgan fingerprint density at radius 3 is 2.56 bits per heavy atom. The van der Waals surface area contributed by atoms with Crippen LogP contribution in [0.1, 0.15) is 34.1 Å². The van der Waals surface area contributed by atoms with Gasteiger partial charge in [-0.05, 0) is 47.2 Å². The van der Waals surface area contributed by atoms with Gasteiger partial charge in [-0.2, -0.15) is 0 Å². The highest BCUT2D eigenvalue weighted by atomic mass is 16.5. The summed E-state index contributed by atoms with van der Waals surface area (Å²) in [5, 5.41) is 3.37. The van der Waals surface area contributed by atoms with Crippen LogP contribution < -0.4 is 11.1 Å². The minimum atomic E-state index is -0.318. The van der Waals surface area contributed by atoms with Gasteiger partial charge in [0.15, 0.2) is 0 Å². The molecule has 0 aliphatic carbocycles. The quantitative estimate of drug-likeness (QED) is 0.723. The second kappa shape index (κ2) is 9.30. The van der Waals surface area contributed by atoms with Gasteiger partial charge in [-0.3, -0.25) is 9.69 Å². The third-order valence-electron chi connectivity index (χ3n) is 2.69. The molecule has 0 amide bonds. The summed E-state index contributed by atoms with van der Waals surface area (Å²) in [6.45, 7) is 13.6. The van der Waals surface area contributed by atoms with Gasteiger partial charge in [0, 0.05) is 25.7 Å². The topological polar surface area (TPSA) is 67.6 Å². The Balaban J connectivity index is 0.000000360. The van der Waals surface area contributed by atoms with Crippen LogP contribution in [-0.2, 0) is 9.53 Å². The molecular weight excluding hydrogens is 230 g/mol. The van der Waals surface area contributed by atoms with Crippen molar-refractivity contribution in [2.75, 3.05) is 32.7 Å². The zero-order valence-corrected chi connectivity index (χ0v) is 12.2. The molecule has 18 heavy (non-hydrogen) atoms. The molecule has 1 aliphatic heterocycles. The maximum absolute atomic E-state index is 9.60. The van der Waals surface area contributed by atoms with Crippen LogP contribution in [0.2, 0.25) is 0 Å². The molecule has 1 heterocycles. The molecule has 1 atom stereocenters. The van der Waals surface area contributed by atoms with Gasteiger partial charge < -0.3 is 15.8 Å². The van der Waals surface area contributed by atoms with Gasteiger partial charge in [-0.25, -0.2) is 0 Å². The molecule has 0 saturated carbocycles. The number of nitrogens with two attached hydrogens (primary N) is 1. The predicted octanol–water partition coefficient (Wildman–Crippen LogP) is 0.587. The van der Waals surface area contributed by atoms with Crippen molar-refractivity contribution in [3.8, 4) is 0 Å². The van der Waals surface area contributed by atoms with E-state index in [9.17, 15) is 4.79 Å². The molecule has 108 valence electrons. The highest BCUT2D eigenvalue weighted by molar-refractivity contribution is 5.37. The molecule has 0 spiro atoms. The zero-order valence-electron chi connectivity index (χ0n) is 12.2. The van der Waals surface area contributed by atoms with Crippen molar-refractivity contribution in [1.29, 1.82) is 0 Å². The first-order valence-electron chi connectivity index (χ1n) is 6.67. The fourth-order valence-corrected chi connectivity index (χ4v) is 1.65. The van der Waals surface area contributed by atoms with E-state index in [2.05, 4.69) is 21.9 Å². The molecule has 0 aromatic rings. The second-order valence-electron chi connectivity index (χ2n) is 5.56. The summed E-state index contributed by atoms with van der Waals surface area (Å²) in [7, 11) is 0. The first-order valence-corrected chi connectivity index (χ1v) is 6.67. The number of nitrogens with zero attached hydrogens (tertiary/aromatic N) is 1. The monoisotopic (exact) mass is 259 g/mol. The van der Waals surface area contributed by atoms with E-state index < -0.39 is 0 Å². The molecule has 1 rings (SSSR count). The number of hydrogen-bond acceptors (Lipinski definition) is 5. The average Bonchev–Trinajstić information content (AvgIpc) is 2.27. The molecule has 5 nitrogen and oxygen atoms in total. The lowest BCUT2D eigenvalue weighted by Crippen LogP contribution is -2.50. The van der Waals surface area contributed by atoms with Gasteiger partial charge in [-0.1, -0.05) is 0 Å². The Hall–Kier alpha value is -0.650. The molecule has 0 aromatic carbocycles. The number of rotatable bonds is 4. The highest BCUT2D eigenvalue weighted by Crippen LogP contribution is 2.03. The normalized spacial score (nSPS) is 20.8. The zero-order chi connectivity index (χ0) is 14.0. The average molecular weight is 259 g/mol. The molecule has 0 radical (unpaired) electrons. The van der Waals surface area contributed by atoms with Crippen LogP contribution in [0.25, 0.3) is 0 Å². The molecule has 5 heteroatoms. The molecule has 0 aromatic heterocycles. The van der Waals surface area contributed by atoms with E-state index in [1.807, 2.05) is 20.8 Å². The molecule has 1 saturated heterocycles. The van der Waals surface area contributed by atoms with E-state index >= 15 is 0 Å². The number of ether oxygens (including phenoxy) is 1. The van der Waals surface area contributed by atoms with Crippen LogP contribution in [0.15, 0.2) is 0 Å². The van der Waals surface area contributed by atoms with Gasteiger partial charge >= 0.3 is 0 Å². The van der Waals surface area contributed by atoms with Crippen LogP contribution in [0, 0.1) is 0 Å². The van der Waals surface area contributed by atoms with Gasteiger partial charge in [0.2, 0.25) is 0 Å². The molecular formula is C13H29N3O2. The number of nitrogens with one attached hydrogen (secondary N) is 1. The third kappa shape index (κ3) is 9.39. The molecule has 0 bridgehead atoms. The summed E-state index contributed by atoms with van der Waals surface area (Å²) >= 11 is 0. The Kier molecular flexibility index (Phi) is 8.97. The molecule has 1 aliphatic rings. The van der Waals surface area contributed by atoms with Crippen LogP contribution >= 0.6 is 0 Å². The van der Waals surface area contributed by atoms with Crippen LogP contribution in [0.3, 0.4) is 0 Å². The summed E-state index contributed by atoms with van der Waals surface area (Å²) in [6.07, 6.45) is 1.13. The largest absolute Gasteiger partial charge is 0.462 e. The first-order chi connectivity index (χ1) is 8.40. The SMILES string of the molecule is CC(C)(C)OC=O.C[C@@H]1CNCCN1CCCN.